The van der Waals surface area contributed by atoms with Crippen LogP contribution in [-0.4, -0.2) is 23.5 Å². The molecule has 1 amide bonds. The quantitative estimate of drug-likeness (QED) is 0.876. The summed E-state index contributed by atoms with van der Waals surface area (Å²) < 4.78 is 0. The van der Waals surface area contributed by atoms with Gasteiger partial charge in [0.05, 0.1) is 11.3 Å². The number of hydrogen-bond acceptors (Lipinski definition) is 3. The molecule has 1 heterocycles. The molecule has 4 heteroatoms. The molecule has 0 saturated heterocycles. The minimum atomic E-state index is -0.0215. The van der Waals surface area contributed by atoms with Gasteiger partial charge in [-0.1, -0.05) is 13.8 Å². The molecule has 104 valence electrons. The zero-order chi connectivity index (χ0) is 13.9. The number of carbonyl (C=O) groups is 1. The predicted octanol–water partition coefficient (Wildman–Crippen LogP) is 2.82. The average Bonchev–Trinajstić information content (AvgIpc) is 2.69. The molecule has 0 aromatic carbocycles. The van der Waals surface area contributed by atoms with Crippen LogP contribution in [0.15, 0.2) is 18.5 Å². The summed E-state index contributed by atoms with van der Waals surface area (Å²) in [6.07, 6.45) is 6.62. The summed E-state index contributed by atoms with van der Waals surface area (Å²) in [6, 6.07) is 2.13. The van der Waals surface area contributed by atoms with Crippen molar-refractivity contribution in [2.45, 2.75) is 46.1 Å². The van der Waals surface area contributed by atoms with Crippen LogP contribution < -0.4 is 10.6 Å². The van der Waals surface area contributed by atoms with E-state index in [0.717, 1.165) is 25.1 Å². The van der Waals surface area contributed by atoms with E-state index in [9.17, 15) is 4.79 Å². The highest BCUT2D eigenvalue weighted by Gasteiger charge is 2.32. The van der Waals surface area contributed by atoms with Crippen LogP contribution in [0.1, 0.15) is 50.4 Å². The van der Waals surface area contributed by atoms with Gasteiger partial charge in [0.25, 0.3) is 5.91 Å². The largest absolute Gasteiger partial charge is 0.385 e. The van der Waals surface area contributed by atoms with Gasteiger partial charge < -0.3 is 10.6 Å². The molecule has 0 radical (unpaired) electrons. The Morgan fingerprint density at radius 1 is 1.53 bits per heavy atom. The molecule has 1 saturated carbocycles. The third-order valence-electron chi connectivity index (χ3n) is 3.74. The molecule has 1 fully saturated rings. The molecule has 1 aliphatic rings. The van der Waals surface area contributed by atoms with E-state index >= 15 is 0 Å². The second-order valence-electron chi connectivity index (χ2n) is 6.03. The topological polar surface area (TPSA) is 54.0 Å². The lowest BCUT2D eigenvalue weighted by Crippen LogP contribution is -2.34. The molecule has 1 aliphatic carbocycles. The van der Waals surface area contributed by atoms with Crippen molar-refractivity contribution < 1.29 is 4.79 Å². The van der Waals surface area contributed by atoms with E-state index in [1.807, 2.05) is 13.0 Å². The van der Waals surface area contributed by atoms with E-state index in [-0.39, 0.29) is 11.9 Å². The Balaban J connectivity index is 2.04. The smallest absolute Gasteiger partial charge is 0.255 e. The normalized spacial score (nSPS) is 21.1. The Hall–Kier alpha value is -1.58. The van der Waals surface area contributed by atoms with E-state index < -0.39 is 0 Å². The molecule has 19 heavy (non-hydrogen) atoms. The molecule has 1 unspecified atom stereocenters. The number of aromatic nitrogens is 1. The summed E-state index contributed by atoms with van der Waals surface area (Å²) in [4.78, 5) is 16.4. The molecule has 1 aromatic rings. The number of nitrogens with one attached hydrogen (secondary N) is 2. The van der Waals surface area contributed by atoms with Crippen molar-refractivity contribution in [3.05, 3.63) is 24.0 Å². The standard InChI is InChI=1S/C15H23N3O/c1-4-17-13-6-8-16-10-12(13)14(19)18-11-5-7-15(2,3)9-11/h6,8,10-11H,4-5,7,9H2,1-3H3,(H,16,17)(H,18,19). The van der Waals surface area contributed by atoms with Gasteiger partial charge >= 0.3 is 0 Å². The summed E-state index contributed by atoms with van der Waals surface area (Å²) >= 11 is 0. The highest BCUT2D eigenvalue weighted by molar-refractivity contribution is 5.99. The van der Waals surface area contributed by atoms with Crippen molar-refractivity contribution in [3.8, 4) is 0 Å². The molecule has 1 atom stereocenters. The molecule has 2 rings (SSSR count). The fourth-order valence-corrected chi connectivity index (χ4v) is 2.74. The number of pyridine rings is 1. The molecule has 0 bridgehead atoms. The number of hydrogen-bond donors (Lipinski definition) is 2. The highest BCUT2D eigenvalue weighted by atomic mass is 16.1. The molecule has 4 nitrogen and oxygen atoms in total. The summed E-state index contributed by atoms with van der Waals surface area (Å²) in [5.74, 6) is -0.0215. The maximum Gasteiger partial charge on any atom is 0.255 e. The minimum absolute atomic E-state index is 0.0215. The number of nitrogens with zero attached hydrogens (tertiary/aromatic N) is 1. The Kier molecular flexibility index (Phi) is 4.08. The first-order chi connectivity index (χ1) is 9.02. The monoisotopic (exact) mass is 261 g/mol. The van der Waals surface area contributed by atoms with E-state index in [0.29, 0.717) is 11.0 Å². The zero-order valence-electron chi connectivity index (χ0n) is 12.0. The van der Waals surface area contributed by atoms with Gasteiger partial charge in [0, 0.05) is 25.0 Å². The van der Waals surface area contributed by atoms with Gasteiger partial charge in [0.2, 0.25) is 0 Å². The first kappa shape index (κ1) is 13.8. The zero-order valence-corrected chi connectivity index (χ0v) is 12.0. The Bertz CT molecular complexity index is 456. The lowest BCUT2D eigenvalue weighted by Gasteiger charge is -2.18. The fraction of sp³-hybridized carbons (Fsp3) is 0.600. The summed E-state index contributed by atoms with van der Waals surface area (Å²) in [7, 11) is 0. The molecular weight excluding hydrogens is 238 g/mol. The summed E-state index contributed by atoms with van der Waals surface area (Å²) in [6.45, 7) is 7.32. The van der Waals surface area contributed by atoms with Gasteiger partial charge in [-0.25, -0.2) is 0 Å². The van der Waals surface area contributed by atoms with Crippen molar-refractivity contribution in [2.24, 2.45) is 5.41 Å². The van der Waals surface area contributed by atoms with Crippen molar-refractivity contribution >= 4 is 11.6 Å². The minimum Gasteiger partial charge on any atom is -0.385 e. The van der Waals surface area contributed by atoms with Gasteiger partial charge in [0.1, 0.15) is 0 Å². The van der Waals surface area contributed by atoms with Gasteiger partial charge in [-0.05, 0) is 37.7 Å². The van der Waals surface area contributed by atoms with Crippen molar-refractivity contribution in [3.63, 3.8) is 0 Å². The third kappa shape index (κ3) is 3.46. The molecule has 2 N–H and O–H groups in total. The first-order valence-electron chi connectivity index (χ1n) is 7.00. The lowest BCUT2D eigenvalue weighted by molar-refractivity contribution is 0.0936. The molecular formula is C15H23N3O. The van der Waals surface area contributed by atoms with Crippen LogP contribution in [0.2, 0.25) is 0 Å². The van der Waals surface area contributed by atoms with Gasteiger partial charge in [-0.2, -0.15) is 0 Å². The second-order valence-corrected chi connectivity index (χ2v) is 6.03. The predicted molar refractivity (Wildman–Crippen MR) is 77.3 cm³/mol. The summed E-state index contributed by atoms with van der Waals surface area (Å²) in [5, 5.41) is 6.33. The van der Waals surface area contributed by atoms with Crippen molar-refractivity contribution in [2.75, 3.05) is 11.9 Å². The molecule has 0 spiro atoms. The van der Waals surface area contributed by atoms with Crippen LogP contribution >= 0.6 is 0 Å². The van der Waals surface area contributed by atoms with Crippen LogP contribution in [0, 0.1) is 5.41 Å². The van der Waals surface area contributed by atoms with Crippen LogP contribution in [0.4, 0.5) is 5.69 Å². The SMILES string of the molecule is CCNc1ccncc1C(=O)NC1CCC(C)(C)C1. The van der Waals surface area contributed by atoms with E-state index in [1.165, 1.54) is 6.42 Å². The Morgan fingerprint density at radius 2 is 2.32 bits per heavy atom. The van der Waals surface area contributed by atoms with E-state index in [4.69, 9.17) is 0 Å². The number of rotatable bonds is 4. The van der Waals surface area contributed by atoms with Crippen molar-refractivity contribution in [1.29, 1.82) is 0 Å². The summed E-state index contributed by atoms with van der Waals surface area (Å²) in [5.41, 5.74) is 1.83. The second kappa shape index (κ2) is 5.59. The van der Waals surface area contributed by atoms with E-state index in [2.05, 4.69) is 29.5 Å². The Labute approximate surface area is 115 Å². The first-order valence-corrected chi connectivity index (χ1v) is 7.00. The Morgan fingerprint density at radius 3 is 2.95 bits per heavy atom. The van der Waals surface area contributed by atoms with Gasteiger partial charge in [-0.15, -0.1) is 0 Å². The average molecular weight is 261 g/mol. The van der Waals surface area contributed by atoms with Gasteiger partial charge in [-0.3, -0.25) is 9.78 Å². The maximum absolute atomic E-state index is 12.3. The molecule has 0 aliphatic heterocycles. The van der Waals surface area contributed by atoms with Crippen LogP contribution in [0.3, 0.4) is 0 Å². The maximum atomic E-state index is 12.3. The van der Waals surface area contributed by atoms with Crippen LogP contribution in [-0.2, 0) is 0 Å². The van der Waals surface area contributed by atoms with Crippen LogP contribution in [0.5, 0.6) is 0 Å². The van der Waals surface area contributed by atoms with Crippen LogP contribution in [0.25, 0.3) is 0 Å². The van der Waals surface area contributed by atoms with E-state index in [1.54, 1.807) is 12.4 Å². The lowest BCUT2D eigenvalue weighted by atomic mass is 9.92. The molecule has 1 aromatic heterocycles. The van der Waals surface area contributed by atoms with Gasteiger partial charge in [0.15, 0.2) is 0 Å². The fourth-order valence-electron chi connectivity index (χ4n) is 2.74. The third-order valence-corrected chi connectivity index (χ3v) is 3.74. The number of amides is 1. The number of anilines is 1. The highest BCUT2D eigenvalue weighted by Crippen LogP contribution is 2.37. The van der Waals surface area contributed by atoms with Crippen molar-refractivity contribution in [1.82, 2.24) is 10.3 Å². The number of carbonyl (C=O) groups excluding carboxylic acids is 1.